The van der Waals surface area contributed by atoms with Crippen molar-refractivity contribution < 1.29 is 4.39 Å². The Hall–Kier alpha value is -1.35. The highest BCUT2D eigenvalue weighted by atomic mass is 127. The Balaban J connectivity index is 0.00000272. The maximum Gasteiger partial charge on any atom is 0.191 e. The first-order valence-corrected chi connectivity index (χ1v) is 11.8. The van der Waals surface area contributed by atoms with Crippen LogP contribution >= 0.6 is 24.0 Å². The highest BCUT2D eigenvalue weighted by Gasteiger charge is 2.26. The number of likely N-dealkylation sites (tertiary alicyclic amines) is 1. The predicted octanol–water partition coefficient (Wildman–Crippen LogP) is 4.82. The third-order valence-electron chi connectivity index (χ3n) is 6.69. The number of aromatic nitrogens is 1. The molecule has 0 radical (unpaired) electrons. The zero-order chi connectivity index (χ0) is 20.8. The molecule has 2 aromatic rings. The van der Waals surface area contributed by atoms with Crippen LogP contribution in [0.2, 0.25) is 0 Å². The number of piperidine rings is 1. The molecule has 2 heterocycles. The minimum absolute atomic E-state index is 0. The molecule has 7 heteroatoms. The Morgan fingerprint density at radius 2 is 1.94 bits per heavy atom. The van der Waals surface area contributed by atoms with Gasteiger partial charge in [0.1, 0.15) is 5.82 Å². The third-order valence-corrected chi connectivity index (χ3v) is 6.69. The van der Waals surface area contributed by atoms with Crippen molar-refractivity contribution in [2.45, 2.75) is 70.4 Å². The summed E-state index contributed by atoms with van der Waals surface area (Å²) in [6, 6.07) is 6.21. The number of guanidine groups is 1. The van der Waals surface area contributed by atoms with Gasteiger partial charge in [0.15, 0.2) is 5.96 Å². The van der Waals surface area contributed by atoms with E-state index in [1.807, 2.05) is 6.20 Å². The zero-order valence-electron chi connectivity index (χ0n) is 18.6. The van der Waals surface area contributed by atoms with Crippen LogP contribution in [0.25, 0.3) is 10.9 Å². The Morgan fingerprint density at radius 1 is 1.16 bits per heavy atom. The van der Waals surface area contributed by atoms with Crippen molar-refractivity contribution in [1.29, 1.82) is 0 Å². The number of benzene rings is 1. The number of aliphatic imine (C=N–C) groups is 1. The van der Waals surface area contributed by atoms with Crippen LogP contribution in [0.5, 0.6) is 0 Å². The lowest BCUT2D eigenvalue weighted by atomic mass is 9.92. The molecular formula is C24H37FIN5. The second kappa shape index (κ2) is 12.0. The highest BCUT2D eigenvalue weighted by molar-refractivity contribution is 14.0. The molecule has 2 aliphatic rings. The summed E-state index contributed by atoms with van der Waals surface area (Å²) >= 11 is 0. The van der Waals surface area contributed by atoms with Crippen molar-refractivity contribution in [2.24, 2.45) is 4.99 Å². The molecule has 0 bridgehead atoms. The van der Waals surface area contributed by atoms with E-state index in [9.17, 15) is 4.39 Å². The lowest BCUT2D eigenvalue weighted by Crippen LogP contribution is -2.51. The zero-order valence-corrected chi connectivity index (χ0v) is 21.0. The van der Waals surface area contributed by atoms with Crippen molar-refractivity contribution in [1.82, 2.24) is 20.5 Å². The maximum atomic E-state index is 13.6. The standard InChI is InChI=1S/C24H36FN5.HI/c1-2-26-24(27-13-10-18-17-28-23-9-8-19(25)16-22(18)23)29-20-11-14-30(15-12-20)21-6-4-3-5-7-21;/h8-9,16-17,20-21,28H,2-7,10-15H2,1H3,(H2,26,27,29);1H. The summed E-state index contributed by atoms with van der Waals surface area (Å²) < 4.78 is 13.6. The predicted molar refractivity (Wildman–Crippen MR) is 138 cm³/mol. The van der Waals surface area contributed by atoms with Crippen LogP contribution in [0, 0.1) is 5.82 Å². The summed E-state index contributed by atoms with van der Waals surface area (Å²) in [4.78, 5) is 10.7. The first kappa shape index (κ1) is 24.3. The van der Waals surface area contributed by atoms with Crippen LogP contribution in [0.1, 0.15) is 57.4 Å². The number of nitrogens with zero attached hydrogens (tertiary/aromatic N) is 2. The Morgan fingerprint density at radius 3 is 2.68 bits per heavy atom. The molecule has 1 saturated carbocycles. The summed E-state index contributed by atoms with van der Waals surface area (Å²) in [6.45, 7) is 6.03. The Kier molecular flexibility index (Phi) is 9.44. The SMILES string of the molecule is CCNC(=NCCc1c[nH]c2ccc(F)cc12)NC1CCN(C2CCCCC2)CC1.I. The van der Waals surface area contributed by atoms with Crippen LogP contribution in [0.4, 0.5) is 4.39 Å². The van der Waals surface area contributed by atoms with E-state index in [4.69, 9.17) is 4.99 Å². The molecule has 2 fully saturated rings. The van der Waals surface area contributed by atoms with Crippen molar-refractivity contribution in [3.05, 3.63) is 35.8 Å². The van der Waals surface area contributed by atoms with E-state index in [0.29, 0.717) is 12.6 Å². The van der Waals surface area contributed by atoms with Gasteiger partial charge in [-0.3, -0.25) is 4.99 Å². The maximum absolute atomic E-state index is 13.6. The van der Waals surface area contributed by atoms with Crippen LogP contribution in [0.3, 0.4) is 0 Å². The molecule has 172 valence electrons. The van der Waals surface area contributed by atoms with Crippen molar-refractivity contribution in [2.75, 3.05) is 26.2 Å². The fraction of sp³-hybridized carbons (Fsp3) is 0.625. The van der Waals surface area contributed by atoms with E-state index < -0.39 is 0 Å². The first-order chi connectivity index (χ1) is 14.7. The molecule has 1 saturated heterocycles. The fourth-order valence-electron chi connectivity index (χ4n) is 5.01. The van der Waals surface area contributed by atoms with E-state index in [-0.39, 0.29) is 29.8 Å². The number of fused-ring (bicyclic) bond motifs is 1. The second-order valence-corrected chi connectivity index (χ2v) is 8.76. The lowest BCUT2D eigenvalue weighted by molar-refractivity contribution is 0.119. The van der Waals surface area contributed by atoms with E-state index in [1.165, 1.54) is 64.1 Å². The molecule has 1 aromatic heterocycles. The van der Waals surface area contributed by atoms with Gasteiger partial charge in [-0.1, -0.05) is 19.3 Å². The molecule has 4 rings (SSSR count). The van der Waals surface area contributed by atoms with E-state index >= 15 is 0 Å². The molecule has 1 aliphatic heterocycles. The van der Waals surface area contributed by atoms with Gasteiger partial charge in [0, 0.05) is 55.4 Å². The molecule has 3 N–H and O–H groups in total. The monoisotopic (exact) mass is 541 g/mol. The van der Waals surface area contributed by atoms with Gasteiger partial charge in [0.05, 0.1) is 0 Å². The molecule has 31 heavy (non-hydrogen) atoms. The van der Waals surface area contributed by atoms with Gasteiger partial charge in [-0.2, -0.15) is 0 Å². The smallest absolute Gasteiger partial charge is 0.191 e. The number of aromatic amines is 1. The number of H-pyrrole nitrogens is 1. The molecule has 0 unspecified atom stereocenters. The molecule has 1 aromatic carbocycles. The minimum atomic E-state index is -0.193. The molecule has 0 amide bonds. The fourth-order valence-corrected chi connectivity index (χ4v) is 5.01. The number of hydrogen-bond acceptors (Lipinski definition) is 2. The molecule has 0 atom stereocenters. The van der Waals surface area contributed by atoms with Gasteiger partial charge in [0.2, 0.25) is 0 Å². The summed E-state index contributed by atoms with van der Waals surface area (Å²) in [7, 11) is 0. The number of rotatable bonds is 6. The van der Waals surface area contributed by atoms with E-state index in [2.05, 4.69) is 27.4 Å². The Labute approximate surface area is 202 Å². The minimum Gasteiger partial charge on any atom is -0.361 e. The average Bonchev–Trinajstić information content (AvgIpc) is 3.17. The highest BCUT2D eigenvalue weighted by Crippen LogP contribution is 2.25. The van der Waals surface area contributed by atoms with E-state index in [1.54, 1.807) is 12.1 Å². The molecular weight excluding hydrogens is 504 g/mol. The summed E-state index contributed by atoms with van der Waals surface area (Å²) in [6.07, 6.45) is 12.1. The van der Waals surface area contributed by atoms with Gasteiger partial charge < -0.3 is 20.5 Å². The second-order valence-electron chi connectivity index (χ2n) is 8.76. The molecule has 5 nitrogen and oxygen atoms in total. The summed E-state index contributed by atoms with van der Waals surface area (Å²) in [5, 5.41) is 8.00. The van der Waals surface area contributed by atoms with Crippen molar-refractivity contribution in [3.8, 4) is 0 Å². The van der Waals surface area contributed by atoms with Crippen LogP contribution in [-0.4, -0.2) is 54.1 Å². The van der Waals surface area contributed by atoms with Crippen LogP contribution in [0.15, 0.2) is 29.4 Å². The summed E-state index contributed by atoms with van der Waals surface area (Å²) in [5.41, 5.74) is 2.09. The first-order valence-electron chi connectivity index (χ1n) is 11.8. The number of nitrogens with one attached hydrogen (secondary N) is 3. The van der Waals surface area contributed by atoms with Crippen LogP contribution < -0.4 is 10.6 Å². The van der Waals surface area contributed by atoms with Gasteiger partial charge in [0.25, 0.3) is 0 Å². The van der Waals surface area contributed by atoms with Gasteiger partial charge in [-0.25, -0.2) is 4.39 Å². The largest absolute Gasteiger partial charge is 0.361 e. The number of hydrogen-bond donors (Lipinski definition) is 3. The molecule has 1 aliphatic carbocycles. The van der Waals surface area contributed by atoms with Crippen molar-refractivity contribution in [3.63, 3.8) is 0 Å². The van der Waals surface area contributed by atoms with Gasteiger partial charge >= 0.3 is 0 Å². The van der Waals surface area contributed by atoms with E-state index in [0.717, 1.165) is 41.4 Å². The van der Waals surface area contributed by atoms with Crippen molar-refractivity contribution >= 4 is 40.8 Å². The quantitative estimate of drug-likeness (QED) is 0.279. The van der Waals surface area contributed by atoms with Gasteiger partial charge in [-0.15, -0.1) is 24.0 Å². The normalized spacial score (nSPS) is 19.4. The Bertz CT molecular complexity index is 838. The average molecular weight is 541 g/mol. The number of halogens is 2. The lowest BCUT2D eigenvalue weighted by Gasteiger charge is -2.39. The topological polar surface area (TPSA) is 55.5 Å². The van der Waals surface area contributed by atoms with Crippen LogP contribution in [-0.2, 0) is 6.42 Å². The third kappa shape index (κ3) is 6.57. The summed E-state index contributed by atoms with van der Waals surface area (Å²) in [5.74, 6) is 0.709. The van der Waals surface area contributed by atoms with Gasteiger partial charge in [-0.05, 0) is 62.8 Å². The molecule has 0 spiro atoms.